The van der Waals surface area contributed by atoms with E-state index in [9.17, 15) is 4.79 Å². The first-order valence-corrected chi connectivity index (χ1v) is 6.82. The normalized spacial score (nSPS) is 15.1. The molecule has 0 aliphatic heterocycles. The third-order valence-corrected chi connectivity index (χ3v) is 4.16. The van der Waals surface area contributed by atoms with Crippen molar-refractivity contribution in [3.05, 3.63) is 22.5 Å². The van der Waals surface area contributed by atoms with Gasteiger partial charge in [0.2, 0.25) is 0 Å². The van der Waals surface area contributed by atoms with Crippen LogP contribution in [0.3, 0.4) is 0 Å². The molecule has 0 saturated heterocycles. The molecule has 2 aromatic heterocycles. The third-order valence-electron chi connectivity index (χ3n) is 3.28. The van der Waals surface area contributed by atoms with Crippen LogP contribution in [0.2, 0.25) is 0 Å². The van der Waals surface area contributed by atoms with Crippen LogP contribution < -0.4 is 0 Å². The quantitative estimate of drug-likeness (QED) is 0.909. The van der Waals surface area contributed by atoms with Gasteiger partial charge in [0, 0.05) is 16.8 Å². The Hall–Kier alpha value is -1.36. The van der Waals surface area contributed by atoms with Crippen LogP contribution in [-0.4, -0.2) is 20.5 Å². The molecular weight excluding hydrogens is 236 g/mol. The van der Waals surface area contributed by atoms with Gasteiger partial charge in [0.05, 0.1) is 12.1 Å². The summed E-state index contributed by atoms with van der Waals surface area (Å²) in [6.07, 6.45) is 5.38. The minimum atomic E-state index is -0.738. The maximum absolute atomic E-state index is 10.6. The Morgan fingerprint density at radius 2 is 2.29 bits per heavy atom. The molecule has 1 N–H and O–H groups in total. The van der Waals surface area contributed by atoms with E-state index in [4.69, 9.17) is 5.11 Å². The van der Waals surface area contributed by atoms with Gasteiger partial charge in [0.15, 0.2) is 4.96 Å². The maximum Gasteiger partial charge on any atom is 0.303 e. The first-order chi connectivity index (χ1) is 8.25. The Bertz CT molecular complexity index is 570. The molecule has 5 heteroatoms. The number of fused-ring (bicyclic) bond motifs is 3. The monoisotopic (exact) mass is 250 g/mol. The number of thiazole rings is 1. The number of hydrogen-bond donors (Lipinski definition) is 1. The van der Waals surface area contributed by atoms with E-state index < -0.39 is 5.97 Å². The average molecular weight is 250 g/mol. The van der Waals surface area contributed by atoms with E-state index in [0.29, 0.717) is 6.42 Å². The molecule has 4 nitrogen and oxygen atoms in total. The van der Waals surface area contributed by atoms with Crippen LogP contribution in [0.25, 0.3) is 4.96 Å². The predicted molar refractivity (Wildman–Crippen MR) is 65.7 cm³/mol. The summed E-state index contributed by atoms with van der Waals surface area (Å²) in [4.78, 5) is 16.3. The molecule has 2 aromatic rings. The molecule has 0 spiro atoms. The van der Waals surface area contributed by atoms with E-state index >= 15 is 0 Å². The van der Waals surface area contributed by atoms with Crippen LogP contribution in [0.15, 0.2) is 5.38 Å². The van der Waals surface area contributed by atoms with E-state index in [2.05, 4.69) is 9.38 Å². The molecule has 0 radical (unpaired) electrons. The number of carboxylic acids is 1. The minimum absolute atomic E-state index is 0.193. The molecule has 0 amide bonds. The Morgan fingerprint density at radius 1 is 1.47 bits per heavy atom. The van der Waals surface area contributed by atoms with Crippen LogP contribution in [0.5, 0.6) is 0 Å². The number of aryl methyl sites for hydroxylation is 3. The molecular formula is C12H14N2O2S. The smallest absolute Gasteiger partial charge is 0.303 e. The van der Waals surface area contributed by atoms with E-state index in [1.807, 2.05) is 5.38 Å². The lowest BCUT2D eigenvalue weighted by Crippen LogP contribution is -2.06. The lowest BCUT2D eigenvalue weighted by molar-refractivity contribution is -0.136. The molecule has 17 heavy (non-hydrogen) atoms. The highest BCUT2D eigenvalue weighted by Crippen LogP contribution is 2.27. The van der Waals surface area contributed by atoms with Gasteiger partial charge in [-0.15, -0.1) is 11.3 Å². The van der Waals surface area contributed by atoms with Crippen LogP contribution in [0.4, 0.5) is 0 Å². The first kappa shape index (κ1) is 10.8. The number of hydrogen-bond acceptors (Lipinski definition) is 3. The molecule has 1 aliphatic carbocycles. The number of aliphatic carboxylic acids is 1. The number of nitrogens with zero attached hydrogens (tertiary/aromatic N) is 2. The Morgan fingerprint density at radius 3 is 3.12 bits per heavy atom. The molecule has 0 unspecified atom stereocenters. The number of imidazole rings is 1. The Labute approximate surface area is 103 Å². The Kier molecular flexibility index (Phi) is 2.63. The third kappa shape index (κ3) is 1.84. The van der Waals surface area contributed by atoms with Gasteiger partial charge >= 0.3 is 5.97 Å². The molecule has 0 fully saturated rings. The van der Waals surface area contributed by atoms with Gasteiger partial charge < -0.3 is 5.11 Å². The average Bonchev–Trinajstić information content (AvgIpc) is 2.84. The zero-order valence-corrected chi connectivity index (χ0v) is 10.3. The van der Waals surface area contributed by atoms with Crippen molar-refractivity contribution in [1.82, 2.24) is 9.38 Å². The molecule has 90 valence electrons. The predicted octanol–water partition coefficient (Wildman–Crippen LogP) is 2.29. The summed E-state index contributed by atoms with van der Waals surface area (Å²) >= 11 is 1.62. The van der Waals surface area contributed by atoms with Gasteiger partial charge in [-0.1, -0.05) is 0 Å². The zero-order valence-electron chi connectivity index (χ0n) is 9.48. The van der Waals surface area contributed by atoms with Crippen LogP contribution in [0, 0.1) is 0 Å². The molecule has 3 rings (SSSR count). The van der Waals surface area contributed by atoms with Crippen LogP contribution in [-0.2, 0) is 24.1 Å². The largest absolute Gasteiger partial charge is 0.481 e. The van der Waals surface area contributed by atoms with E-state index in [-0.39, 0.29) is 6.42 Å². The number of carboxylic acid groups (broad SMARTS) is 1. The summed E-state index contributed by atoms with van der Waals surface area (Å²) in [6, 6.07) is 0. The van der Waals surface area contributed by atoms with Crippen molar-refractivity contribution in [2.24, 2.45) is 0 Å². The van der Waals surface area contributed by atoms with Crippen molar-refractivity contribution >= 4 is 22.3 Å². The standard InChI is InChI=1S/C12H14N2O2S/c15-11(16)6-5-8-7-17-12-13-9-3-1-2-4-10(9)14(8)12/h7H,1-6H2,(H,15,16). The van der Waals surface area contributed by atoms with E-state index in [1.165, 1.54) is 24.2 Å². The van der Waals surface area contributed by atoms with Gasteiger partial charge in [-0.3, -0.25) is 9.20 Å². The van der Waals surface area contributed by atoms with Gasteiger partial charge in [-0.2, -0.15) is 0 Å². The maximum atomic E-state index is 10.6. The Balaban J connectivity index is 2.01. The highest BCUT2D eigenvalue weighted by molar-refractivity contribution is 7.15. The zero-order chi connectivity index (χ0) is 11.8. The second-order valence-electron chi connectivity index (χ2n) is 4.45. The SMILES string of the molecule is O=C(O)CCc1csc2nc3c(n12)CCCC3. The van der Waals surface area contributed by atoms with Crippen molar-refractivity contribution in [2.75, 3.05) is 0 Å². The van der Waals surface area contributed by atoms with Crippen molar-refractivity contribution in [3.63, 3.8) is 0 Å². The van der Waals surface area contributed by atoms with E-state index in [0.717, 1.165) is 23.5 Å². The molecule has 0 aromatic carbocycles. The van der Waals surface area contributed by atoms with Gasteiger partial charge in [-0.05, 0) is 32.1 Å². The fourth-order valence-corrected chi connectivity index (χ4v) is 3.43. The second-order valence-corrected chi connectivity index (χ2v) is 5.29. The topological polar surface area (TPSA) is 54.6 Å². The summed E-state index contributed by atoms with van der Waals surface area (Å²) in [6.45, 7) is 0. The summed E-state index contributed by atoms with van der Waals surface area (Å²) in [7, 11) is 0. The van der Waals surface area contributed by atoms with Crippen molar-refractivity contribution in [2.45, 2.75) is 38.5 Å². The summed E-state index contributed by atoms with van der Waals surface area (Å²) in [5.74, 6) is -0.738. The van der Waals surface area contributed by atoms with Crippen LogP contribution >= 0.6 is 11.3 Å². The lowest BCUT2D eigenvalue weighted by Gasteiger charge is -2.11. The number of carbonyl (C=O) groups is 1. The number of aromatic nitrogens is 2. The highest BCUT2D eigenvalue weighted by Gasteiger charge is 2.19. The second kappa shape index (κ2) is 4.14. The van der Waals surface area contributed by atoms with E-state index in [1.54, 1.807) is 11.3 Å². The lowest BCUT2D eigenvalue weighted by atomic mass is 10.0. The van der Waals surface area contributed by atoms with Gasteiger partial charge in [-0.25, -0.2) is 4.98 Å². The fraction of sp³-hybridized carbons (Fsp3) is 0.500. The minimum Gasteiger partial charge on any atom is -0.481 e. The van der Waals surface area contributed by atoms with Crippen molar-refractivity contribution in [1.29, 1.82) is 0 Å². The molecule has 0 saturated carbocycles. The van der Waals surface area contributed by atoms with Gasteiger partial charge in [0.1, 0.15) is 0 Å². The highest BCUT2D eigenvalue weighted by atomic mass is 32.1. The summed E-state index contributed by atoms with van der Waals surface area (Å²) in [5.41, 5.74) is 3.63. The van der Waals surface area contributed by atoms with Crippen molar-refractivity contribution in [3.8, 4) is 0 Å². The van der Waals surface area contributed by atoms with Gasteiger partial charge in [0.25, 0.3) is 0 Å². The first-order valence-electron chi connectivity index (χ1n) is 5.94. The molecule has 0 bridgehead atoms. The number of rotatable bonds is 3. The summed E-state index contributed by atoms with van der Waals surface area (Å²) in [5, 5.41) is 10.8. The molecule has 1 aliphatic rings. The molecule has 0 atom stereocenters. The van der Waals surface area contributed by atoms with Crippen LogP contribution in [0.1, 0.15) is 36.3 Å². The summed E-state index contributed by atoms with van der Waals surface area (Å²) < 4.78 is 2.18. The molecule has 2 heterocycles. The fourth-order valence-electron chi connectivity index (χ4n) is 2.47. The van der Waals surface area contributed by atoms with Crippen molar-refractivity contribution < 1.29 is 9.90 Å².